The summed E-state index contributed by atoms with van der Waals surface area (Å²) in [6, 6.07) is 5.05. The Bertz CT molecular complexity index is 519. The molecule has 0 heterocycles. The Morgan fingerprint density at radius 3 is 2.27 bits per heavy atom. The van der Waals surface area contributed by atoms with E-state index in [1.54, 1.807) is 0 Å². The molecule has 0 aromatic heterocycles. The smallest absolute Gasteiger partial charge is 0.397 e. The second-order valence-corrected chi connectivity index (χ2v) is 5.36. The molecule has 0 radical (unpaired) electrons. The summed E-state index contributed by atoms with van der Waals surface area (Å²) in [6.45, 7) is -0.749. The summed E-state index contributed by atoms with van der Waals surface area (Å²) >= 11 is 0.368. The highest BCUT2D eigenvalue weighted by molar-refractivity contribution is 8.00. The predicted molar refractivity (Wildman–Crippen MR) is 72.8 cm³/mol. The monoisotopic (exact) mass is 339 g/mol. The lowest BCUT2D eigenvalue weighted by Gasteiger charge is -2.21. The van der Waals surface area contributed by atoms with Crippen LogP contribution in [0.5, 0.6) is 0 Å². The summed E-state index contributed by atoms with van der Waals surface area (Å²) in [7, 11) is 0. The van der Waals surface area contributed by atoms with E-state index in [-0.39, 0.29) is 6.54 Å². The molecular formula is C13H13F4NO3S. The summed E-state index contributed by atoms with van der Waals surface area (Å²) in [5.41, 5.74) is 0.483. The molecular weight excluding hydrogens is 326 g/mol. The van der Waals surface area contributed by atoms with E-state index in [2.05, 4.69) is 0 Å². The highest BCUT2D eigenvalue weighted by atomic mass is 32.2. The minimum atomic E-state index is -4.39. The lowest BCUT2D eigenvalue weighted by atomic mass is 10.2. The van der Waals surface area contributed by atoms with Crippen LogP contribution in [0.15, 0.2) is 24.3 Å². The van der Waals surface area contributed by atoms with Gasteiger partial charge in [-0.2, -0.15) is 13.2 Å². The van der Waals surface area contributed by atoms with Crippen LogP contribution in [0.2, 0.25) is 0 Å². The van der Waals surface area contributed by atoms with Gasteiger partial charge in [0.1, 0.15) is 12.4 Å². The molecule has 0 atom stereocenters. The summed E-state index contributed by atoms with van der Waals surface area (Å²) in [6.07, 6.45) is -4.39. The molecule has 1 aromatic carbocycles. The van der Waals surface area contributed by atoms with Crippen molar-refractivity contribution in [3.8, 4) is 0 Å². The number of carbonyl (C=O) groups excluding carboxylic acids is 1. The summed E-state index contributed by atoms with van der Waals surface area (Å²) in [5.74, 6) is -4.15. The third kappa shape index (κ3) is 7.30. The fraction of sp³-hybridized carbons (Fsp3) is 0.385. The van der Waals surface area contributed by atoms with Crippen LogP contribution in [0.1, 0.15) is 5.56 Å². The molecule has 9 heteroatoms. The molecule has 122 valence electrons. The van der Waals surface area contributed by atoms with Crippen molar-refractivity contribution in [2.45, 2.75) is 12.7 Å². The number of alkyl halides is 3. The lowest BCUT2D eigenvalue weighted by Crippen LogP contribution is -2.36. The first-order chi connectivity index (χ1) is 10.2. The van der Waals surface area contributed by atoms with Crippen molar-refractivity contribution in [1.82, 2.24) is 4.90 Å². The third-order valence-corrected chi connectivity index (χ3v) is 3.44. The third-order valence-electron chi connectivity index (χ3n) is 2.46. The van der Waals surface area contributed by atoms with E-state index in [0.29, 0.717) is 17.3 Å². The van der Waals surface area contributed by atoms with E-state index in [4.69, 9.17) is 5.11 Å². The van der Waals surface area contributed by atoms with Crippen molar-refractivity contribution in [3.63, 3.8) is 0 Å². The molecule has 1 aromatic rings. The zero-order chi connectivity index (χ0) is 16.8. The van der Waals surface area contributed by atoms with E-state index < -0.39 is 41.9 Å². The van der Waals surface area contributed by atoms with Crippen molar-refractivity contribution in [3.05, 3.63) is 35.6 Å². The summed E-state index contributed by atoms with van der Waals surface area (Å²) < 4.78 is 48.9. The van der Waals surface area contributed by atoms with Gasteiger partial charge in [0.05, 0.1) is 11.5 Å². The molecule has 1 rings (SSSR count). The average molecular weight is 339 g/mol. The van der Waals surface area contributed by atoms with Crippen molar-refractivity contribution in [1.29, 1.82) is 0 Å². The molecule has 22 heavy (non-hydrogen) atoms. The number of benzene rings is 1. The molecule has 0 saturated carbocycles. The number of halogens is 4. The molecule has 0 aliphatic rings. The van der Waals surface area contributed by atoms with Crippen LogP contribution in [0.25, 0.3) is 0 Å². The maximum Gasteiger partial charge on any atom is 0.397 e. The molecule has 1 amide bonds. The Morgan fingerprint density at radius 1 is 1.18 bits per heavy atom. The molecule has 0 saturated heterocycles. The molecule has 0 aliphatic carbocycles. The maximum absolute atomic E-state index is 12.8. The highest BCUT2D eigenvalue weighted by Crippen LogP contribution is 2.21. The van der Waals surface area contributed by atoms with Gasteiger partial charge >= 0.3 is 12.1 Å². The number of amides is 1. The Hall–Kier alpha value is -1.77. The van der Waals surface area contributed by atoms with Gasteiger partial charge in [0.2, 0.25) is 5.91 Å². The zero-order valence-corrected chi connectivity index (χ0v) is 12.1. The zero-order valence-electron chi connectivity index (χ0n) is 11.3. The summed E-state index contributed by atoms with van der Waals surface area (Å²) in [5, 5.41) is 8.77. The van der Waals surface area contributed by atoms with Crippen LogP contribution < -0.4 is 0 Å². The van der Waals surface area contributed by atoms with Gasteiger partial charge in [-0.25, -0.2) is 4.39 Å². The average Bonchev–Trinajstić information content (AvgIpc) is 2.38. The molecule has 1 N–H and O–H groups in total. The predicted octanol–water partition coefficient (Wildman–Crippen LogP) is 2.53. The Balaban J connectivity index is 2.64. The van der Waals surface area contributed by atoms with Gasteiger partial charge in [-0.1, -0.05) is 12.1 Å². The van der Waals surface area contributed by atoms with Crippen LogP contribution in [0.3, 0.4) is 0 Å². The number of carboxylic acids is 1. The van der Waals surface area contributed by atoms with Crippen LogP contribution in [-0.4, -0.2) is 46.1 Å². The van der Waals surface area contributed by atoms with Gasteiger partial charge in [-0.15, -0.1) is 11.8 Å². The number of hydrogen-bond donors (Lipinski definition) is 1. The fourth-order valence-corrected chi connectivity index (χ4v) is 2.24. The first-order valence-corrected chi connectivity index (χ1v) is 7.21. The Labute approximate surface area is 128 Å². The summed E-state index contributed by atoms with van der Waals surface area (Å²) in [4.78, 5) is 23.5. The van der Waals surface area contributed by atoms with Gasteiger partial charge in [-0.3, -0.25) is 9.59 Å². The number of carboxylic acid groups (broad SMARTS) is 1. The van der Waals surface area contributed by atoms with Gasteiger partial charge < -0.3 is 10.0 Å². The fourth-order valence-electron chi connectivity index (χ4n) is 1.55. The van der Waals surface area contributed by atoms with Gasteiger partial charge in [0.25, 0.3) is 0 Å². The van der Waals surface area contributed by atoms with Gasteiger partial charge in [-0.05, 0) is 17.7 Å². The normalized spacial score (nSPS) is 11.3. The van der Waals surface area contributed by atoms with E-state index in [9.17, 15) is 27.2 Å². The maximum atomic E-state index is 12.8. The number of aliphatic carboxylic acids is 1. The number of carbonyl (C=O) groups is 2. The van der Waals surface area contributed by atoms with Gasteiger partial charge in [0, 0.05) is 6.54 Å². The lowest BCUT2D eigenvalue weighted by molar-refractivity contribution is -0.143. The molecule has 0 spiro atoms. The molecule has 4 nitrogen and oxygen atoms in total. The SMILES string of the molecule is O=C(O)CN(Cc1ccc(F)cc1)C(=O)CSCC(F)(F)F. The largest absolute Gasteiger partial charge is 0.480 e. The number of thioether (sulfide) groups is 1. The molecule has 0 bridgehead atoms. The molecule has 0 unspecified atom stereocenters. The molecule has 0 fully saturated rings. The van der Waals surface area contributed by atoms with E-state index in [1.165, 1.54) is 12.1 Å². The minimum absolute atomic E-state index is 0.113. The van der Waals surface area contributed by atoms with Crippen molar-refractivity contribution in [2.24, 2.45) is 0 Å². The van der Waals surface area contributed by atoms with E-state index in [1.807, 2.05) is 0 Å². The number of rotatable bonds is 7. The van der Waals surface area contributed by atoms with E-state index in [0.717, 1.165) is 17.0 Å². The van der Waals surface area contributed by atoms with Gasteiger partial charge in [0.15, 0.2) is 0 Å². The van der Waals surface area contributed by atoms with Crippen LogP contribution in [0, 0.1) is 5.82 Å². The van der Waals surface area contributed by atoms with Crippen molar-refractivity contribution in [2.75, 3.05) is 18.1 Å². The van der Waals surface area contributed by atoms with Crippen LogP contribution in [-0.2, 0) is 16.1 Å². The Kier molecular flexibility index (Phi) is 6.66. The first-order valence-electron chi connectivity index (χ1n) is 6.06. The number of hydrogen-bond acceptors (Lipinski definition) is 3. The number of nitrogens with zero attached hydrogens (tertiary/aromatic N) is 1. The standard InChI is InChI=1S/C13H13F4NO3S/c14-10-3-1-9(2-4-10)5-18(6-12(20)21)11(19)7-22-8-13(15,16)17/h1-4H,5-8H2,(H,20,21). The van der Waals surface area contributed by atoms with Crippen molar-refractivity contribution < 1.29 is 32.3 Å². The Morgan fingerprint density at radius 2 is 1.77 bits per heavy atom. The first kappa shape index (κ1) is 18.3. The van der Waals surface area contributed by atoms with Crippen LogP contribution in [0.4, 0.5) is 17.6 Å². The topological polar surface area (TPSA) is 57.6 Å². The molecule has 0 aliphatic heterocycles. The second kappa shape index (κ2) is 8.02. The highest BCUT2D eigenvalue weighted by Gasteiger charge is 2.28. The van der Waals surface area contributed by atoms with Crippen LogP contribution >= 0.6 is 11.8 Å². The quantitative estimate of drug-likeness (QED) is 0.776. The second-order valence-electron chi connectivity index (χ2n) is 4.38. The minimum Gasteiger partial charge on any atom is -0.480 e. The van der Waals surface area contributed by atoms with Crippen molar-refractivity contribution >= 4 is 23.6 Å². The van der Waals surface area contributed by atoms with E-state index >= 15 is 0 Å².